The van der Waals surface area contributed by atoms with E-state index in [1.54, 1.807) is 13.8 Å². The third kappa shape index (κ3) is 3.18. The number of nitrogens with zero attached hydrogens (tertiary/aromatic N) is 3. The number of hydrogen-bond donors (Lipinski definition) is 1. The lowest BCUT2D eigenvalue weighted by Gasteiger charge is -2.14. The van der Waals surface area contributed by atoms with E-state index < -0.39 is 16.0 Å². The van der Waals surface area contributed by atoms with Crippen LogP contribution in [0.3, 0.4) is 0 Å². The molecular weight excluding hydrogens is 282 g/mol. The molecule has 0 unspecified atom stereocenters. The zero-order chi connectivity index (χ0) is 15.5. The Bertz CT molecular complexity index is 655. The minimum atomic E-state index is -3.72. The number of sulfonamides is 1. The molecule has 0 atom stereocenters. The second-order valence-electron chi connectivity index (χ2n) is 4.33. The predicted molar refractivity (Wildman–Crippen MR) is 72.6 cm³/mol. The highest BCUT2D eigenvalue weighted by atomic mass is 32.2. The third-order valence-electron chi connectivity index (χ3n) is 2.83. The van der Waals surface area contributed by atoms with Crippen molar-refractivity contribution in [3.63, 3.8) is 0 Å². The lowest BCUT2D eigenvalue weighted by Crippen LogP contribution is -2.28. The molecule has 0 aliphatic rings. The second kappa shape index (κ2) is 6.07. The smallest absolute Gasteiger partial charge is 0.305 e. The summed E-state index contributed by atoms with van der Waals surface area (Å²) in [5.41, 5.74) is 0.740. The number of terminal acetylenes is 1. The Morgan fingerprint density at radius 2 is 2.10 bits per heavy atom. The summed E-state index contributed by atoms with van der Waals surface area (Å²) in [6, 6.07) is 0. The van der Waals surface area contributed by atoms with E-state index in [0.29, 0.717) is 11.4 Å². The van der Waals surface area contributed by atoms with E-state index in [9.17, 15) is 13.2 Å². The molecule has 0 fully saturated rings. The lowest BCUT2D eigenvalue weighted by atomic mass is 10.4. The summed E-state index contributed by atoms with van der Waals surface area (Å²) in [7, 11) is -2.33. The first-order valence-electron chi connectivity index (χ1n) is 5.87. The maximum Gasteiger partial charge on any atom is 0.305 e. The van der Waals surface area contributed by atoms with Gasteiger partial charge in [-0.15, -0.1) is 6.42 Å². The van der Waals surface area contributed by atoms with Crippen LogP contribution in [-0.2, 0) is 21.4 Å². The Morgan fingerprint density at radius 3 is 2.60 bits per heavy atom. The molecule has 0 saturated heterocycles. The maximum absolute atomic E-state index is 12.4. The second-order valence-corrected chi connectivity index (χ2v) is 6.31. The average molecular weight is 299 g/mol. The molecule has 0 aliphatic heterocycles. The maximum atomic E-state index is 12.4. The van der Waals surface area contributed by atoms with Gasteiger partial charge in [-0.2, -0.15) is 9.40 Å². The standard InChI is InChI=1S/C12H17N3O4S/c1-5-7-14(4)20(18,19)12-9(2)13-15(10(12)3)8-6-11(16)17/h1H,6-8H2,2-4H3,(H,16,17). The number of rotatable bonds is 6. The Balaban J connectivity index is 3.20. The molecule has 20 heavy (non-hydrogen) atoms. The predicted octanol–water partition coefficient (Wildman–Crippen LogP) is 0.228. The fourth-order valence-electron chi connectivity index (χ4n) is 1.84. The fraction of sp³-hybridized carbons (Fsp3) is 0.500. The topological polar surface area (TPSA) is 92.5 Å². The first kappa shape index (κ1) is 16.2. The summed E-state index contributed by atoms with van der Waals surface area (Å²) in [6.45, 7) is 3.25. The number of carboxylic acids is 1. The first-order valence-corrected chi connectivity index (χ1v) is 7.31. The van der Waals surface area contributed by atoms with E-state index >= 15 is 0 Å². The summed E-state index contributed by atoms with van der Waals surface area (Å²) in [4.78, 5) is 10.7. The van der Waals surface area contributed by atoms with Crippen LogP contribution in [0.15, 0.2) is 4.90 Å². The van der Waals surface area contributed by atoms with Gasteiger partial charge in [-0.1, -0.05) is 5.92 Å². The lowest BCUT2D eigenvalue weighted by molar-refractivity contribution is -0.137. The van der Waals surface area contributed by atoms with Crippen molar-refractivity contribution in [2.75, 3.05) is 13.6 Å². The molecular formula is C12H17N3O4S. The van der Waals surface area contributed by atoms with Gasteiger partial charge in [-0.3, -0.25) is 9.48 Å². The van der Waals surface area contributed by atoms with Crippen LogP contribution in [0.25, 0.3) is 0 Å². The molecule has 0 aromatic carbocycles. The van der Waals surface area contributed by atoms with E-state index in [4.69, 9.17) is 11.5 Å². The van der Waals surface area contributed by atoms with Crippen LogP contribution in [0.5, 0.6) is 0 Å². The van der Waals surface area contributed by atoms with Crippen LogP contribution in [0, 0.1) is 26.2 Å². The van der Waals surface area contributed by atoms with Gasteiger partial charge in [0, 0.05) is 7.05 Å². The van der Waals surface area contributed by atoms with E-state index in [0.717, 1.165) is 4.31 Å². The highest BCUT2D eigenvalue weighted by Gasteiger charge is 2.28. The number of aromatic nitrogens is 2. The zero-order valence-electron chi connectivity index (χ0n) is 11.6. The van der Waals surface area contributed by atoms with Gasteiger partial charge in [0.1, 0.15) is 4.90 Å². The Hall–Kier alpha value is -1.85. The Morgan fingerprint density at radius 1 is 1.50 bits per heavy atom. The Kier molecular flexibility index (Phi) is 4.92. The van der Waals surface area contributed by atoms with Gasteiger partial charge < -0.3 is 5.11 Å². The normalized spacial score (nSPS) is 11.6. The molecule has 1 rings (SSSR count). The molecule has 7 nitrogen and oxygen atoms in total. The number of carboxylic acid groups (broad SMARTS) is 1. The van der Waals surface area contributed by atoms with Gasteiger partial charge in [-0.25, -0.2) is 8.42 Å². The van der Waals surface area contributed by atoms with Crippen molar-refractivity contribution in [3.8, 4) is 12.3 Å². The van der Waals surface area contributed by atoms with Crippen LogP contribution in [-0.4, -0.2) is 47.2 Å². The van der Waals surface area contributed by atoms with Crippen LogP contribution < -0.4 is 0 Å². The molecule has 0 saturated carbocycles. The van der Waals surface area contributed by atoms with Crippen molar-refractivity contribution < 1.29 is 18.3 Å². The van der Waals surface area contributed by atoms with Crippen LogP contribution >= 0.6 is 0 Å². The van der Waals surface area contributed by atoms with Crippen molar-refractivity contribution in [3.05, 3.63) is 11.4 Å². The van der Waals surface area contributed by atoms with Crippen molar-refractivity contribution in [1.29, 1.82) is 0 Å². The van der Waals surface area contributed by atoms with Crippen molar-refractivity contribution in [1.82, 2.24) is 14.1 Å². The SMILES string of the molecule is C#CCN(C)S(=O)(=O)c1c(C)nn(CCC(=O)O)c1C. The van der Waals surface area contributed by atoms with Crippen LogP contribution in [0.4, 0.5) is 0 Å². The summed E-state index contributed by atoms with van der Waals surface area (Å²) < 4.78 is 27.2. The molecule has 0 amide bonds. The highest BCUT2D eigenvalue weighted by Crippen LogP contribution is 2.22. The van der Waals surface area contributed by atoms with Gasteiger partial charge in [0.25, 0.3) is 0 Å². The van der Waals surface area contributed by atoms with Crippen molar-refractivity contribution >= 4 is 16.0 Å². The minimum absolute atomic E-state index is 0.0402. The number of carbonyl (C=O) groups is 1. The molecule has 8 heteroatoms. The van der Waals surface area contributed by atoms with Gasteiger partial charge in [0.15, 0.2) is 0 Å². The van der Waals surface area contributed by atoms with Gasteiger partial charge >= 0.3 is 5.97 Å². The molecule has 0 radical (unpaired) electrons. The van der Waals surface area contributed by atoms with E-state index in [-0.39, 0.29) is 24.4 Å². The largest absolute Gasteiger partial charge is 0.481 e. The molecule has 1 heterocycles. The quantitative estimate of drug-likeness (QED) is 0.759. The zero-order valence-corrected chi connectivity index (χ0v) is 12.4. The molecule has 0 aliphatic carbocycles. The molecule has 110 valence electrons. The highest BCUT2D eigenvalue weighted by molar-refractivity contribution is 7.89. The van der Waals surface area contributed by atoms with Gasteiger partial charge in [0.05, 0.1) is 30.9 Å². The van der Waals surface area contributed by atoms with Crippen LogP contribution in [0.1, 0.15) is 17.8 Å². The minimum Gasteiger partial charge on any atom is -0.481 e. The monoisotopic (exact) mass is 299 g/mol. The molecule has 1 N–H and O–H groups in total. The Labute approximate surface area is 118 Å². The van der Waals surface area contributed by atoms with Gasteiger partial charge in [0.2, 0.25) is 10.0 Å². The number of hydrogen-bond acceptors (Lipinski definition) is 4. The summed E-state index contributed by atoms with van der Waals surface area (Å²) in [5.74, 6) is 1.30. The van der Waals surface area contributed by atoms with E-state index in [1.807, 2.05) is 0 Å². The molecule has 0 bridgehead atoms. The first-order chi connectivity index (χ1) is 9.21. The average Bonchev–Trinajstić information content (AvgIpc) is 2.62. The molecule has 0 spiro atoms. The fourth-order valence-corrected chi connectivity index (χ4v) is 3.29. The summed E-state index contributed by atoms with van der Waals surface area (Å²) in [6.07, 6.45) is 5.00. The summed E-state index contributed by atoms with van der Waals surface area (Å²) in [5, 5.41) is 12.8. The third-order valence-corrected chi connectivity index (χ3v) is 4.89. The molecule has 1 aromatic rings. The summed E-state index contributed by atoms with van der Waals surface area (Å²) >= 11 is 0. The number of aryl methyl sites for hydroxylation is 2. The van der Waals surface area contributed by atoms with Crippen molar-refractivity contribution in [2.24, 2.45) is 0 Å². The van der Waals surface area contributed by atoms with Gasteiger partial charge in [-0.05, 0) is 13.8 Å². The number of aliphatic carboxylic acids is 1. The van der Waals surface area contributed by atoms with E-state index in [1.165, 1.54) is 11.7 Å². The van der Waals surface area contributed by atoms with Crippen LogP contribution in [0.2, 0.25) is 0 Å². The molecule has 1 aromatic heterocycles. The van der Waals surface area contributed by atoms with Crippen molar-refractivity contribution in [2.45, 2.75) is 31.7 Å². The van der Waals surface area contributed by atoms with E-state index in [2.05, 4.69) is 11.0 Å².